The maximum absolute atomic E-state index is 9.91. The molecule has 4 heteroatoms. The van der Waals surface area contributed by atoms with Gasteiger partial charge in [0.25, 0.3) is 0 Å². The maximum atomic E-state index is 9.91. The van der Waals surface area contributed by atoms with Crippen LogP contribution in [0.1, 0.15) is 32.3 Å². The van der Waals surface area contributed by atoms with Gasteiger partial charge >= 0.3 is 0 Å². The maximum Gasteiger partial charge on any atom is 0.160 e. The number of benzene rings is 1. The number of aromatic hydroxyl groups is 1. The van der Waals surface area contributed by atoms with E-state index in [-0.39, 0.29) is 5.75 Å². The summed E-state index contributed by atoms with van der Waals surface area (Å²) in [5.74, 6) is 1.54. The molecule has 1 aliphatic rings. The number of phenols is 1. The number of hydrogen-bond acceptors (Lipinski definition) is 4. The molecule has 1 aromatic rings. The van der Waals surface area contributed by atoms with Crippen LogP contribution in [0.25, 0.3) is 0 Å². The number of ether oxygens (including phenoxy) is 1. The van der Waals surface area contributed by atoms with E-state index in [0.717, 1.165) is 37.7 Å². The first kappa shape index (κ1) is 16.1. The van der Waals surface area contributed by atoms with E-state index in [1.807, 2.05) is 18.2 Å². The predicted molar refractivity (Wildman–Crippen MR) is 85.8 cm³/mol. The highest BCUT2D eigenvalue weighted by atomic mass is 16.5. The number of methoxy groups -OCH3 is 1. The normalized spacial score (nSPS) is 16.6. The third-order valence-corrected chi connectivity index (χ3v) is 4.31. The Morgan fingerprint density at radius 2 is 2.05 bits per heavy atom. The largest absolute Gasteiger partial charge is 0.504 e. The Balaban J connectivity index is 2.00. The molecule has 0 aliphatic carbocycles. The van der Waals surface area contributed by atoms with Gasteiger partial charge in [0, 0.05) is 19.1 Å². The van der Waals surface area contributed by atoms with Crippen molar-refractivity contribution >= 4 is 0 Å². The van der Waals surface area contributed by atoms with Crippen molar-refractivity contribution in [3.05, 3.63) is 23.8 Å². The highest BCUT2D eigenvalue weighted by Gasteiger charge is 2.19. The lowest BCUT2D eigenvalue weighted by Crippen LogP contribution is -2.39. The van der Waals surface area contributed by atoms with Gasteiger partial charge in [-0.25, -0.2) is 0 Å². The van der Waals surface area contributed by atoms with E-state index in [4.69, 9.17) is 4.74 Å². The second-order valence-electron chi connectivity index (χ2n) is 6.22. The first-order valence-corrected chi connectivity index (χ1v) is 7.90. The Morgan fingerprint density at radius 3 is 2.62 bits per heavy atom. The molecule has 1 saturated heterocycles. The lowest BCUT2D eigenvalue weighted by Gasteiger charge is -2.32. The van der Waals surface area contributed by atoms with Crippen molar-refractivity contribution in [1.29, 1.82) is 0 Å². The Morgan fingerprint density at radius 1 is 1.33 bits per heavy atom. The molecular weight excluding hydrogens is 264 g/mol. The molecule has 0 spiro atoms. The quantitative estimate of drug-likeness (QED) is 0.846. The fraction of sp³-hybridized carbons (Fsp3) is 0.647. The van der Waals surface area contributed by atoms with E-state index in [1.165, 1.54) is 12.8 Å². The lowest BCUT2D eigenvalue weighted by molar-refractivity contribution is 0.161. The van der Waals surface area contributed by atoms with Gasteiger partial charge < -0.3 is 15.2 Å². The van der Waals surface area contributed by atoms with Gasteiger partial charge in [-0.2, -0.15) is 0 Å². The van der Waals surface area contributed by atoms with Crippen LogP contribution < -0.4 is 10.1 Å². The third kappa shape index (κ3) is 4.61. The number of hydrogen-bond donors (Lipinski definition) is 2. The van der Waals surface area contributed by atoms with E-state index in [0.29, 0.717) is 11.8 Å². The number of piperidine rings is 1. The molecule has 0 saturated carbocycles. The summed E-state index contributed by atoms with van der Waals surface area (Å²) in [4.78, 5) is 2.50. The molecule has 2 rings (SSSR count). The Bertz CT molecular complexity index is 442. The molecule has 0 unspecified atom stereocenters. The molecule has 0 aromatic heterocycles. The zero-order valence-electron chi connectivity index (χ0n) is 13.4. The zero-order chi connectivity index (χ0) is 15.2. The van der Waals surface area contributed by atoms with E-state index in [2.05, 4.69) is 24.1 Å². The van der Waals surface area contributed by atoms with Crippen LogP contribution in [0.5, 0.6) is 11.5 Å². The van der Waals surface area contributed by atoms with Gasteiger partial charge in [0.15, 0.2) is 11.5 Å². The van der Waals surface area contributed by atoms with Crippen LogP contribution in [0.15, 0.2) is 18.2 Å². The Kier molecular flexibility index (Phi) is 5.88. The minimum atomic E-state index is 0.223. The fourth-order valence-electron chi connectivity index (χ4n) is 2.92. The van der Waals surface area contributed by atoms with Crippen molar-refractivity contribution in [2.45, 2.75) is 39.3 Å². The molecular formula is C17H28N2O2. The van der Waals surface area contributed by atoms with Crippen molar-refractivity contribution in [3.63, 3.8) is 0 Å². The summed E-state index contributed by atoms with van der Waals surface area (Å²) in [5.41, 5.74) is 1.14. The summed E-state index contributed by atoms with van der Waals surface area (Å²) >= 11 is 0. The highest BCUT2D eigenvalue weighted by Crippen LogP contribution is 2.27. The van der Waals surface area contributed by atoms with Crippen LogP contribution in [-0.2, 0) is 6.54 Å². The first-order valence-electron chi connectivity index (χ1n) is 7.90. The van der Waals surface area contributed by atoms with E-state index < -0.39 is 0 Å². The standard InChI is InChI=1S/C17H28N2O2/c1-13(2)19(11-14-6-8-18-9-7-14)12-15-4-5-17(21-3)16(20)10-15/h4-5,10,13-14,18,20H,6-9,11-12H2,1-3H3. The lowest BCUT2D eigenvalue weighted by atomic mass is 9.96. The molecule has 4 nitrogen and oxygen atoms in total. The second-order valence-corrected chi connectivity index (χ2v) is 6.22. The summed E-state index contributed by atoms with van der Waals surface area (Å²) in [6.07, 6.45) is 2.52. The van der Waals surface area contributed by atoms with Crippen LogP contribution in [0.2, 0.25) is 0 Å². The molecule has 1 aliphatic heterocycles. The van der Waals surface area contributed by atoms with Crippen molar-refractivity contribution in [2.24, 2.45) is 5.92 Å². The molecule has 21 heavy (non-hydrogen) atoms. The number of rotatable bonds is 6. The van der Waals surface area contributed by atoms with Gasteiger partial charge in [0.05, 0.1) is 7.11 Å². The molecule has 1 heterocycles. The summed E-state index contributed by atoms with van der Waals surface area (Å²) in [7, 11) is 1.58. The number of nitrogens with one attached hydrogen (secondary N) is 1. The third-order valence-electron chi connectivity index (χ3n) is 4.31. The number of nitrogens with zero attached hydrogens (tertiary/aromatic N) is 1. The van der Waals surface area contributed by atoms with Crippen LogP contribution >= 0.6 is 0 Å². The average Bonchev–Trinajstić information content (AvgIpc) is 2.48. The molecule has 0 amide bonds. The molecule has 1 fully saturated rings. The molecule has 1 aromatic carbocycles. The van der Waals surface area contributed by atoms with Gasteiger partial charge in [-0.3, -0.25) is 4.90 Å². The molecule has 0 bridgehead atoms. The van der Waals surface area contributed by atoms with Gasteiger partial charge in [0.2, 0.25) is 0 Å². The topological polar surface area (TPSA) is 44.7 Å². The highest BCUT2D eigenvalue weighted by molar-refractivity contribution is 5.41. The summed E-state index contributed by atoms with van der Waals surface area (Å²) in [6, 6.07) is 6.20. The van der Waals surface area contributed by atoms with Gasteiger partial charge in [0.1, 0.15) is 0 Å². The van der Waals surface area contributed by atoms with Crippen molar-refractivity contribution in [2.75, 3.05) is 26.7 Å². The smallest absolute Gasteiger partial charge is 0.160 e. The van der Waals surface area contributed by atoms with Gasteiger partial charge in [-0.05, 0) is 63.4 Å². The minimum absolute atomic E-state index is 0.223. The predicted octanol–water partition coefficient (Wildman–Crippen LogP) is 2.61. The second kappa shape index (κ2) is 7.66. The molecule has 0 radical (unpaired) electrons. The number of phenolic OH excluding ortho intramolecular Hbond substituents is 1. The summed E-state index contributed by atoms with van der Waals surface area (Å²) in [6.45, 7) is 8.76. The van der Waals surface area contributed by atoms with E-state index >= 15 is 0 Å². The molecule has 2 N–H and O–H groups in total. The zero-order valence-corrected chi connectivity index (χ0v) is 13.4. The van der Waals surface area contributed by atoms with Crippen LogP contribution in [0, 0.1) is 5.92 Å². The fourth-order valence-corrected chi connectivity index (χ4v) is 2.92. The van der Waals surface area contributed by atoms with Crippen LogP contribution in [-0.4, -0.2) is 42.8 Å². The van der Waals surface area contributed by atoms with E-state index in [9.17, 15) is 5.11 Å². The Labute approximate surface area is 128 Å². The Hall–Kier alpha value is -1.26. The minimum Gasteiger partial charge on any atom is -0.504 e. The molecule has 118 valence electrons. The van der Waals surface area contributed by atoms with Gasteiger partial charge in [-0.15, -0.1) is 0 Å². The van der Waals surface area contributed by atoms with Gasteiger partial charge in [-0.1, -0.05) is 6.07 Å². The summed E-state index contributed by atoms with van der Waals surface area (Å²) in [5, 5.41) is 13.3. The molecule has 0 atom stereocenters. The monoisotopic (exact) mass is 292 g/mol. The van der Waals surface area contributed by atoms with E-state index in [1.54, 1.807) is 7.11 Å². The first-order chi connectivity index (χ1) is 10.1. The van der Waals surface area contributed by atoms with Crippen LogP contribution in [0.3, 0.4) is 0 Å². The SMILES string of the molecule is COc1ccc(CN(CC2CCNCC2)C(C)C)cc1O. The van der Waals surface area contributed by atoms with Crippen molar-refractivity contribution in [3.8, 4) is 11.5 Å². The summed E-state index contributed by atoms with van der Waals surface area (Å²) < 4.78 is 5.10. The average molecular weight is 292 g/mol. The van der Waals surface area contributed by atoms with Crippen molar-refractivity contribution < 1.29 is 9.84 Å². The van der Waals surface area contributed by atoms with Crippen molar-refractivity contribution in [1.82, 2.24) is 10.2 Å². The van der Waals surface area contributed by atoms with Crippen LogP contribution in [0.4, 0.5) is 0 Å².